The summed E-state index contributed by atoms with van der Waals surface area (Å²) in [6.45, 7) is 6.64. The van der Waals surface area contributed by atoms with Gasteiger partial charge in [-0.25, -0.2) is 0 Å². The van der Waals surface area contributed by atoms with Gasteiger partial charge in [0.1, 0.15) is 0 Å². The van der Waals surface area contributed by atoms with Crippen molar-refractivity contribution in [2.45, 2.75) is 26.2 Å². The van der Waals surface area contributed by atoms with Crippen LogP contribution in [0.1, 0.15) is 26.3 Å². The second kappa shape index (κ2) is 2.70. The van der Waals surface area contributed by atoms with Crippen molar-refractivity contribution in [1.29, 1.82) is 0 Å². The van der Waals surface area contributed by atoms with E-state index in [-0.39, 0.29) is 5.41 Å². The van der Waals surface area contributed by atoms with E-state index >= 15 is 0 Å². The lowest BCUT2D eigenvalue weighted by Gasteiger charge is -2.20. The molecule has 1 aromatic carbocycles. The van der Waals surface area contributed by atoms with Crippen molar-refractivity contribution in [3.8, 4) is 0 Å². The van der Waals surface area contributed by atoms with Crippen LogP contribution in [0, 0.1) is 0 Å². The van der Waals surface area contributed by atoms with Gasteiger partial charge in [0.05, 0.1) is 5.69 Å². The highest BCUT2D eigenvalue weighted by Gasteiger charge is 2.33. The number of fused-ring (bicyclic) bond motifs is 3. The zero-order valence-electron chi connectivity index (χ0n) is 9.16. The van der Waals surface area contributed by atoms with Gasteiger partial charge in [-0.2, -0.15) is 0 Å². The summed E-state index contributed by atoms with van der Waals surface area (Å²) in [5.41, 5.74) is 3.87. The molecular weight excluding hydrogens is 202 g/mol. The summed E-state index contributed by atoms with van der Waals surface area (Å²) in [5, 5.41) is 3.54. The van der Waals surface area contributed by atoms with E-state index in [9.17, 15) is 0 Å². The molecule has 0 radical (unpaired) electrons. The van der Waals surface area contributed by atoms with Crippen LogP contribution in [0.3, 0.4) is 0 Å². The Morgan fingerprint density at radius 1 is 1.20 bits per heavy atom. The molecule has 1 aliphatic rings. The number of nitrogens with zero attached hydrogens (tertiary/aromatic N) is 1. The van der Waals surface area contributed by atoms with Gasteiger partial charge in [-0.1, -0.05) is 13.8 Å². The summed E-state index contributed by atoms with van der Waals surface area (Å²) < 4.78 is 1.37. The number of hydrogen-bond acceptors (Lipinski definition) is 2. The fourth-order valence-corrected chi connectivity index (χ4v) is 3.08. The minimum atomic E-state index is 0.0932. The predicted octanol–water partition coefficient (Wildman–Crippen LogP) is 4.28. The van der Waals surface area contributed by atoms with Crippen LogP contribution in [0.4, 0.5) is 5.69 Å². The van der Waals surface area contributed by atoms with Crippen LogP contribution in [-0.4, -0.2) is 5.71 Å². The molecule has 0 saturated carbocycles. The van der Waals surface area contributed by atoms with E-state index in [1.54, 1.807) is 11.3 Å². The van der Waals surface area contributed by atoms with E-state index in [0.29, 0.717) is 0 Å². The van der Waals surface area contributed by atoms with Crippen molar-refractivity contribution in [3.05, 3.63) is 29.1 Å². The van der Waals surface area contributed by atoms with Gasteiger partial charge in [-0.05, 0) is 41.5 Å². The van der Waals surface area contributed by atoms with Gasteiger partial charge in [-0.15, -0.1) is 11.3 Å². The summed E-state index contributed by atoms with van der Waals surface area (Å²) in [5.74, 6) is 0. The first-order valence-electron chi connectivity index (χ1n) is 5.17. The van der Waals surface area contributed by atoms with E-state index in [0.717, 1.165) is 5.69 Å². The van der Waals surface area contributed by atoms with Crippen LogP contribution in [0.2, 0.25) is 0 Å². The molecule has 0 spiro atoms. The molecule has 0 aliphatic carbocycles. The maximum absolute atomic E-state index is 4.66. The third-order valence-electron chi connectivity index (χ3n) is 3.43. The molecule has 1 aliphatic heterocycles. The molecule has 2 heteroatoms. The van der Waals surface area contributed by atoms with Gasteiger partial charge in [0.25, 0.3) is 0 Å². The minimum absolute atomic E-state index is 0.0932. The van der Waals surface area contributed by atoms with E-state index in [2.05, 4.69) is 49.3 Å². The Balaban J connectivity index is 2.45. The van der Waals surface area contributed by atoms with E-state index < -0.39 is 0 Å². The van der Waals surface area contributed by atoms with Crippen molar-refractivity contribution in [3.63, 3.8) is 0 Å². The zero-order chi connectivity index (χ0) is 10.6. The Bertz CT molecular complexity index is 575. The lowest BCUT2D eigenvalue weighted by Crippen LogP contribution is -2.22. The van der Waals surface area contributed by atoms with Crippen molar-refractivity contribution < 1.29 is 0 Å². The number of benzene rings is 1. The van der Waals surface area contributed by atoms with Crippen LogP contribution in [-0.2, 0) is 5.41 Å². The Hall–Kier alpha value is -1.15. The fraction of sp³-hybridized carbons (Fsp3) is 0.308. The highest BCUT2D eigenvalue weighted by atomic mass is 32.1. The topological polar surface area (TPSA) is 12.4 Å². The molecule has 0 fully saturated rings. The third kappa shape index (κ3) is 1.06. The average Bonchev–Trinajstić information content (AvgIpc) is 2.71. The summed E-state index contributed by atoms with van der Waals surface area (Å²) >= 11 is 1.80. The Kier molecular flexibility index (Phi) is 1.64. The van der Waals surface area contributed by atoms with Gasteiger partial charge in [0.15, 0.2) is 0 Å². The number of aliphatic imine (C=N–C) groups is 1. The standard InChI is InChI=1S/C13H13NS/c1-8-13(2,3)12-9-6-7-15-11(9)5-4-10(12)14-8/h4-7H,1-3H3. The molecule has 0 N–H and O–H groups in total. The molecule has 1 aromatic heterocycles. The van der Waals surface area contributed by atoms with E-state index in [1.165, 1.54) is 21.4 Å². The molecular formula is C13H13NS. The fourth-order valence-electron chi connectivity index (χ4n) is 2.28. The van der Waals surface area contributed by atoms with Crippen molar-refractivity contribution in [1.82, 2.24) is 0 Å². The van der Waals surface area contributed by atoms with Crippen LogP contribution in [0.5, 0.6) is 0 Å². The van der Waals surface area contributed by atoms with Crippen molar-refractivity contribution in [2.75, 3.05) is 0 Å². The molecule has 3 rings (SSSR count). The molecule has 76 valence electrons. The lowest BCUT2D eigenvalue weighted by molar-refractivity contribution is 0.740. The molecule has 0 amide bonds. The monoisotopic (exact) mass is 215 g/mol. The summed E-state index contributed by atoms with van der Waals surface area (Å²) in [7, 11) is 0. The van der Waals surface area contributed by atoms with Gasteiger partial charge in [0, 0.05) is 15.8 Å². The Labute approximate surface area is 93.5 Å². The zero-order valence-corrected chi connectivity index (χ0v) is 9.98. The molecule has 2 heterocycles. The highest BCUT2D eigenvalue weighted by Crippen LogP contribution is 2.44. The van der Waals surface area contributed by atoms with E-state index in [4.69, 9.17) is 0 Å². The molecule has 15 heavy (non-hydrogen) atoms. The first-order chi connectivity index (χ1) is 7.10. The SMILES string of the molecule is CC1=Nc2ccc3sccc3c2C1(C)C. The van der Waals surface area contributed by atoms with Gasteiger partial charge >= 0.3 is 0 Å². The second-order valence-electron chi connectivity index (χ2n) is 4.61. The molecule has 0 atom stereocenters. The van der Waals surface area contributed by atoms with Crippen LogP contribution in [0.25, 0.3) is 10.1 Å². The van der Waals surface area contributed by atoms with Gasteiger partial charge < -0.3 is 0 Å². The largest absolute Gasteiger partial charge is 0.257 e. The van der Waals surface area contributed by atoms with Crippen LogP contribution >= 0.6 is 11.3 Å². The molecule has 1 nitrogen and oxygen atoms in total. The van der Waals surface area contributed by atoms with Gasteiger partial charge in [-0.3, -0.25) is 4.99 Å². The Morgan fingerprint density at radius 2 is 2.00 bits per heavy atom. The number of thiophene rings is 1. The number of rotatable bonds is 0. The molecule has 0 unspecified atom stereocenters. The van der Waals surface area contributed by atoms with Crippen molar-refractivity contribution >= 4 is 32.8 Å². The van der Waals surface area contributed by atoms with E-state index in [1.807, 2.05) is 0 Å². The maximum atomic E-state index is 4.66. The molecule has 0 bridgehead atoms. The maximum Gasteiger partial charge on any atom is 0.0677 e. The normalized spacial score (nSPS) is 17.9. The van der Waals surface area contributed by atoms with Crippen molar-refractivity contribution in [2.24, 2.45) is 4.99 Å². The summed E-state index contributed by atoms with van der Waals surface area (Å²) in [6.07, 6.45) is 0. The van der Waals surface area contributed by atoms with Gasteiger partial charge in [0.2, 0.25) is 0 Å². The third-order valence-corrected chi connectivity index (χ3v) is 4.31. The molecule has 0 saturated heterocycles. The average molecular weight is 215 g/mol. The highest BCUT2D eigenvalue weighted by molar-refractivity contribution is 7.17. The predicted molar refractivity (Wildman–Crippen MR) is 67.6 cm³/mol. The smallest absolute Gasteiger partial charge is 0.0677 e. The first kappa shape index (κ1) is 9.10. The second-order valence-corrected chi connectivity index (χ2v) is 5.56. The minimum Gasteiger partial charge on any atom is -0.257 e. The van der Waals surface area contributed by atoms with Crippen LogP contribution in [0.15, 0.2) is 28.6 Å². The Morgan fingerprint density at radius 3 is 2.80 bits per heavy atom. The van der Waals surface area contributed by atoms with Crippen LogP contribution < -0.4 is 0 Å². The lowest BCUT2D eigenvalue weighted by atomic mass is 9.81. The summed E-state index contributed by atoms with van der Waals surface area (Å²) in [4.78, 5) is 4.66. The first-order valence-corrected chi connectivity index (χ1v) is 6.05. The molecule has 2 aromatic rings. The number of hydrogen-bond donors (Lipinski definition) is 0. The summed E-state index contributed by atoms with van der Waals surface area (Å²) in [6, 6.07) is 6.54. The quantitative estimate of drug-likeness (QED) is 0.622.